The van der Waals surface area contributed by atoms with Gasteiger partial charge in [0.15, 0.2) is 6.10 Å². The molecule has 5 heteroatoms. The van der Waals surface area contributed by atoms with Gasteiger partial charge < -0.3 is 14.7 Å². The number of rotatable bonds is 5. The molecule has 1 amide bonds. The zero-order valence-electron chi connectivity index (χ0n) is 10.8. The Morgan fingerprint density at radius 1 is 1.42 bits per heavy atom. The summed E-state index contributed by atoms with van der Waals surface area (Å²) in [5.74, 6) is -0.336. The highest BCUT2D eigenvalue weighted by molar-refractivity contribution is 5.95. The molecule has 1 aromatic carbocycles. The van der Waals surface area contributed by atoms with Gasteiger partial charge in [-0.1, -0.05) is 6.92 Å². The summed E-state index contributed by atoms with van der Waals surface area (Å²) < 4.78 is 5.37. The van der Waals surface area contributed by atoms with Gasteiger partial charge in [0.25, 0.3) is 0 Å². The molecule has 2 rings (SSSR count). The van der Waals surface area contributed by atoms with Crippen LogP contribution in [0.2, 0.25) is 0 Å². The molecule has 1 fully saturated rings. The van der Waals surface area contributed by atoms with Crippen molar-refractivity contribution < 1.29 is 19.4 Å². The van der Waals surface area contributed by atoms with E-state index in [0.29, 0.717) is 18.6 Å². The largest absolute Gasteiger partial charge is 0.479 e. The van der Waals surface area contributed by atoms with E-state index < -0.39 is 12.1 Å². The van der Waals surface area contributed by atoms with Gasteiger partial charge in [0.2, 0.25) is 5.91 Å². The summed E-state index contributed by atoms with van der Waals surface area (Å²) in [6, 6.07) is 6.97. The number of aliphatic carboxylic acids is 1. The highest BCUT2D eigenvalue weighted by Crippen LogP contribution is 2.24. The van der Waals surface area contributed by atoms with Gasteiger partial charge in [-0.2, -0.15) is 0 Å². The molecule has 0 spiro atoms. The molecule has 5 nitrogen and oxygen atoms in total. The van der Waals surface area contributed by atoms with E-state index in [9.17, 15) is 9.59 Å². The molecule has 19 heavy (non-hydrogen) atoms. The molecule has 1 heterocycles. The number of carbonyl (C=O) groups excluding carboxylic acids is 1. The van der Waals surface area contributed by atoms with E-state index in [0.717, 1.165) is 18.7 Å². The maximum absolute atomic E-state index is 11.6. The van der Waals surface area contributed by atoms with Crippen LogP contribution in [-0.4, -0.2) is 29.6 Å². The van der Waals surface area contributed by atoms with Crippen molar-refractivity contribution in [2.24, 2.45) is 0 Å². The van der Waals surface area contributed by atoms with E-state index in [1.54, 1.807) is 36.1 Å². The van der Waals surface area contributed by atoms with Crippen LogP contribution in [0.3, 0.4) is 0 Å². The third-order valence-electron chi connectivity index (χ3n) is 3.15. The first-order valence-corrected chi connectivity index (χ1v) is 6.41. The van der Waals surface area contributed by atoms with Gasteiger partial charge in [-0.05, 0) is 37.1 Å². The summed E-state index contributed by atoms with van der Waals surface area (Å²) in [4.78, 5) is 24.2. The zero-order valence-corrected chi connectivity index (χ0v) is 10.8. The Bertz CT molecular complexity index is 469. The molecule has 0 radical (unpaired) electrons. The Morgan fingerprint density at radius 3 is 2.58 bits per heavy atom. The number of hydrogen-bond donors (Lipinski definition) is 1. The first-order valence-electron chi connectivity index (χ1n) is 6.41. The fraction of sp³-hybridized carbons (Fsp3) is 0.429. The fourth-order valence-electron chi connectivity index (χ4n) is 2.10. The average Bonchev–Trinajstić information content (AvgIpc) is 2.82. The molecule has 1 atom stereocenters. The average molecular weight is 263 g/mol. The second kappa shape index (κ2) is 5.73. The second-order valence-corrected chi connectivity index (χ2v) is 4.50. The number of nitrogens with zero attached hydrogens (tertiary/aromatic N) is 1. The minimum atomic E-state index is -0.971. The Balaban J connectivity index is 2.06. The molecule has 102 valence electrons. The van der Waals surface area contributed by atoms with Crippen LogP contribution in [0, 0.1) is 0 Å². The molecule has 0 saturated carbocycles. The van der Waals surface area contributed by atoms with Crippen LogP contribution in [-0.2, 0) is 9.59 Å². The summed E-state index contributed by atoms with van der Waals surface area (Å²) in [6.45, 7) is 2.50. The standard InChI is InChI=1S/C14H17NO4/c1-2-12(14(17)18)19-11-7-5-10(6-8-11)15-9-3-4-13(15)16/h5-8,12H,2-4,9H2,1H3,(H,17,18). The van der Waals surface area contributed by atoms with Crippen LogP contribution in [0.15, 0.2) is 24.3 Å². The molecule has 1 unspecified atom stereocenters. The summed E-state index contributed by atoms with van der Waals surface area (Å²) in [7, 11) is 0. The fourth-order valence-corrected chi connectivity index (χ4v) is 2.10. The Kier molecular flexibility index (Phi) is 4.04. The van der Waals surface area contributed by atoms with E-state index in [2.05, 4.69) is 0 Å². The van der Waals surface area contributed by atoms with Gasteiger partial charge in [-0.3, -0.25) is 4.79 Å². The summed E-state index contributed by atoms with van der Waals surface area (Å²) >= 11 is 0. The molecule has 0 aliphatic carbocycles. The van der Waals surface area contributed by atoms with E-state index >= 15 is 0 Å². The first-order chi connectivity index (χ1) is 9.11. The van der Waals surface area contributed by atoms with Crippen molar-refractivity contribution in [1.29, 1.82) is 0 Å². The number of carboxylic acids is 1. The first kappa shape index (κ1) is 13.4. The number of benzene rings is 1. The van der Waals surface area contributed by atoms with Crippen molar-refractivity contribution in [3.8, 4) is 5.75 Å². The maximum atomic E-state index is 11.6. The van der Waals surface area contributed by atoms with Crippen molar-refractivity contribution in [2.45, 2.75) is 32.3 Å². The lowest BCUT2D eigenvalue weighted by molar-refractivity contribution is -0.145. The third kappa shape index (κ3) is 3.05. The minimum absolute atomic E-state index is 0.130. The highest BCUT2D eigenvalue weighted by atomic mass is 16.5. The van der Waals surface area contributed by atoms with Crippen molar-refractivity contribution in [1.82, 2.24) is 0 Å². The zero-order chi connectivity index (χ0) is 13.8. The normalized spacial score (nSPS) is 16.5. The molecule has 1 aliphatic heterocycles. The molecular formula is C14H17NO4. The molecule has 1 saturated heterocycles. The van der Waals surface area contributed by atoms with Gasteiger partial charge in [0, 0.05) is 18.7 Å². The molecule has 0 bridgehead atoms. The van der Waals surface area contributed by atoms with E-state index in [4.69, 9.17) is 9.84 Å². The third-order valence-corrected chi connectivity index (χ3v) is 3.15. The number of carbonyl (C=O) groups is 2. The number of amides is 1. The topological polar surface area (TPSA) is 66.8 Å². The van der Waals surface area contributed by atoms with Gasteiger partial charge in [-0.25, -0.2) is 4.79 Å². The van der Waals surface area contributed by atoms with Crippen molar-refractivity contribution in [3.05, 3.63) is 24.3 Å². The maximum Gasteiger partial charge on any atom is 0.344 e. The summed E-state index contributed by atoms with van der Waals surface area (Å²) in [5.41, 5.74) is 0.832. The minimum Gasteiger partial charge on any atom is -0.479 e. The van der Waals surface area contributed by atoms with Crippen molar-refractivity contribution >= 4 is 17.6 Å². The van der Waals surface area contributed by atoms with Crippen LogP contribution >= 0.6 is 0 Å². The quantitative estimate of drug-likeness (QED) is 0.883. The lowest BCUT2D eigenvalue weighted by Crippen LogP contribution is -2.26. The Labute approximate surface area is 111 Å². The summed E-state index contributed by atoms with van der Waals surface area (Å²) in [5, 5.41) is 8.92. The molecule has 1 N–H and O–H groups in total. The van der Waals surface area contributed by atoms with Crippen molar-refractivity contribution in [3.63, 3.8) is 0 Å². The summed E-state index contributed by atoms with van der Waals surface area (Å²) in [6.07, 6.45) is 1.05. The predicted molar refractivity (Wildman–Crippen MR) is 70.4 cm³/mol. The van der Waals surface area contributed by atoms with Crippen molar-refractivity contribution in [2.75, 3.05) is 11.4 Å². The second-order valence-electron chi connectivity index (χ2n) is 4.50. The van der Waals surface area contributed by atoms with E-state index in [1.165, 1.54) is 0 Å². The molecule has 1 aromatic rings. The van der Waals surface area contributed by atoms with E-state index in [1.807, 2.05) is 0 Å². The van der Waals surface area contributed by atoms with Crippen LogP contribution in [0.5, 0.6) is 5.75 Å². The van der Waals surface area contributed by atoms with Gasteiger partial charge >= 0.3 is 5.97 Å². The Hall–Kier alpha value is -2.04. The predicted octanol–water partition coefficient (Wildman–Crippen LogP) is 2.06. The van der Waals surface area contributed by atoms with Gasteiger partial charge in [0.1, 0.15) is 5.75 Å². The molecule has 1 aliphatic rings. The lowest BCUT2D eigenvalue weighted by Gasteiger charge is -2.17. The molecular weight excluding hydrogens is 246 g/mol. The molecule has 0 aromatic heterocycles. The van der Waals surface area contributed by atoms with Crippen LogP contribution in [0.25, 0.3) is 0 Å². The van der Waals surface area contributed by atoms with Gasteiger partial charge in [0.05, 0.1) is 0 Å². The van der Waals surface area contributed by atoms with Crippen LogP contribution < -0.4 is 9.64 Å². The lowest BCUT2D eigenvalue weighted by atomic mass is 10.2. The van der Waals surface area contributed by atoms with Gasteiger partial charge in [-0.15, -0.1) is 0 Å². The number of carboxylic acid groups (broad SMARTS) is 1. The van der Waals surface area contributed by atoms with Crippen LogP contribution in [0.1, 0.15) is 26.2 Å². The number of anilines is 1. The highest BCUT2D eigenvalue weighted by Gasteiger charge is 2.22. The van der Waals surface area contributed by atoms with E-state index in [-0.39, 0.29) is 5.91 Å². The number of hydrogen-bond acceptors (Lipinski definition) is 3. The Morgan fingerprint density at radius 2 is 2.11 bits per heavy atom. The monoisotopic (exact) mass is 263 g/mol. The smallest absolute Gasteiger partial charge is 0.344 e. The van der Waals surface area contributed by atoms with Crippen LogP contribution in [0.4, 0.5) is 5.69 Å². The SMILES string of the molecule is CCC(Oc1ccc(N2CCCC2=O)cc1)C(=O)O. The number of ether oxygens (including phenoxy) is 1.